The Balaban J connectivity index is 2.30. The summed E-state index contributed by atoms with van der Waals surface area (Å²) in [5.74, 6) is 0. The highest BCUT2D eigenvalue weighted by molar-refractivity contribution is 5.77. The molecule has 1 N–H and O–H groups in total. The minimum absolute atomic E-state index is 0.732. The number of rotatable bonds is 3. The lowest BCUT2D eigenvalue weighted by Crippen LogP contribution is -2.19. The van der Waals surface area contributed by atoms with Gasteiger partial charge >= 0.3 is 0 Å². The lowest BCUT2D eigenvalue weighted by Gasteiger charge is -2.21. The Morgan fingerprint density at radius 1 is 1.33 bits per heavy atom. The fraction of sp³-hybridized carbons (Fsp3) is 0.417. The van der Waals surface area contributed by atoms with E-state index in [4.69, 9.17) is 0 Å². The van der Waals surface area contributed by atoms with Crippen LogP contribution in [-0.2, 0) is 4.79 Å². The summed E-state index contributed by atoms with van der Waals surface area (Å²) in [6.07, 6.45) is 3.27. The van der Waals surface area contributed by atoms with Gasteiger partial charge in [-0.25, -0.2) is 0 Å². The molecule has 0 bridgehead atoms. The molecular weight excluding hydrogens is 188 g/mol. The number of nitrogens with one attached hydrogen (secondary N) is 1. The molecule has 3 nitrogen and oxygen atoms in total. The molecule has 1 aliphatic rings. The number of nitrogens with zero attached hydrogens (tertiary/aromatic N) is 1. The second-order valence-electron chi connectivity index (χ2n) is 3.91. The predicted octanol–water partition coefficient (Wildman–Crippen LogP) is 2.16. The summed E-state index contributed by atoms with van der Waals surface area (Å²) in [6, 6.07) is 6.05. The van der Waals surface area contributed by atoms with E-state index in [1.54, 1.807) is 0 Å². The van der Waals surface area contributed by atoms with Gasteiger partial charge in [-0.3, -0.25) is 4.79 Å². The fourth-order valence-electron chi connectivity index (χ4n) is 2.14. The molecule has 1 amide bonds. The normalized spacial score (nSPS) is 15.4. The Morgan fingerprint density at radius 2 is 2.07 bits per heavy atom. The zero-order valence-electron chi connectivity index (χ0n) is 8.99. The van der Waals surface area contributed by atoms with Gasteiger partial charge in [0, 0.05) is 24.5 Å². The van der Waals surface area contributed by atoms with Crippen LogP contribution in [-0.4, -0.2) is 19.5 Å². The van der Waals surface area contributed by atoms with Crippen molar-refractivity contribution in [3.8, 4) is 0 Å². The molecule has 0 aromatic heterocycles. The molecule has 15 heavy (non-hydrogen) atoms. The van der Waals surface area contributed by atoms with Gasteiger partial charge in [0.25, 0.3) is 0 Å². The molecule has 0 aliphatic carbocycles. The molecule has 1 aliphatic heterocycles. The Kier molecular flexibility index (Phi) is 2.90. The molecule has 3 heteroatoms. The smallest absolute Gasteiger partial charge is 0.211 e. The van der Waals surface area contributed by atoms with Crippen LogP contribution in [0.4, 0.5) is 11.4 Å². The summed E-state index contributed by atoms with van der Waals surface area (Å²) in [6.45, 7) is 4.32. The zero-order valence-corrected chi connectivity index (χ0v) is 8.99. The number of carbonyl (C=O) groups is 1. The maximum absolute atomic E-state index is 10.4. The zero-order chi connectivity index (χ0) is 10.7. The second-order valence-corrected chi connectivity index (χ2v) is 3.91. The third kappa shape index (κ3) is 1.96. The quantitative estimate of drug-likeness (QED) is 0.765. The second kappa shape index (κ2) is 4.34. The Labute approximate surface area is 90.1 Å². The minimum atomic E-state index is 0.732. The van der Waals surface area contributed by atoms with Crippen molar-refractivity contribution >= 4 is 17.8 Å². The van der Waals surface area contributed by atoms with E-state index in [0.717, 1.165) is 30.8 Å². The highest BCUT2D eigenvalue weighted by Gasteiger charge is 2.15. The molecule has 2 rings (SSSR count). The lowest BCUT2D eigenvalue weighted by molar-refractivity contribution is -0.105. The molecule has 0 radical (unpaired) electrons. The van der Waals surface area contributed by atoms with Crippen molar-refractivity contribution in [1.29, 1.82) is 0 Å². The van der Waals surface area contributed by atoms with E-state index in [-0.39, 0.29) is 0 Å². The van der Waals surface area contributed by atoms with Crippen LogP contribution in [0.1, 0.15) is 18.4 Å². The van der Waals surface area contributed by atoms with Crippen molar-refractivity contribution in [3.05, 3.63) is 23.8 Å². The molecule has 1 fully saturated rings. The van der Waals surface area contributed by atoms with Crippen molar-refractivity contribution in [2.24, 2.45) is 0 Å². The first kappa shape index (κ1) is 10.0. The number of amides is 1. The van der Waals surface area contributed by atoms with Crippen molar-refractivity contribution in [3.63, 3.8) is 0 Å². The summed E-state index contributed by atoms with van der Waals surface area (Å²) >= 11 is 0. The van der Waals surface area contributed by atoms with Gasteiger partial charge in [-0.15, -0.1) is 0 Å². The molecular formula is C12H16N2O. The van der Waals surface area contributed by atoms with Crippen LogP contribution in [0.25, 0.3) is 0 Å². The van der Waals surface area contributed by atoms with Crippen molar-refractivity contribution in [1.82, 2.24) is 0 Å². The van der Waals surface area contributed by atoms with Gasteiger partial charge < -0.3 is 10.2 Å². The Morgan fingerprint density at radius 3 is 2.73 bits per heavy atom. The van der Waals surface area contributed by atoms with Crippen LogP contribution >= 0.6 is 0 Å². The van der Waals surface area contributed by atoms with E-state index in [1.807, 2.05) is 12.1 Å². The molecule has 1 saturated heterocycles. The molecule has 1 aromatic carbocycles. The van der Waals surface area contributed by atoms with E-state index in [0.29, 0.717) is 0 Å². The van der Waals surface area contributed by atoms with E-state index in [9.17, 15) is 4.79 Å². The van der Waals surface area contributed by atoms with E-state index >= 15 is 0 Å². The molecule has 1 heterocycles. The number of benzene rings is 1. The first-order valence-electron chi connectivity index (χ1n) is 5.37. The van der Waals surface area contributed by atoms with E-state index in [1.165, 1.54) is 18.5 Å². The summed E-state index contributed by atoms with van der Waals surface area (Å²) in [5, 5.41) is 2.73. The third-order valence-corrected chi connectivity index (χ3v) is 2.97. The van der Waals surface area contributed by atoms with Crippen LogP contribution in [0, 0.1) is 6.92 Å². The van der Waals surface area contributed by atoms with Crippen LogP contribution < -0.4 is 10.2 Å². The molecule has 80 valence electrons. The topological polar surface area (TPSA) is 32.3 Å². The maximum Gasteiger partial charge on any atom is 0.211 e. The van der Waals surface area contributed by atoms with Gasteiger partial charge in [0.2, 0.25) is 6.41 Å². The average molecular weight is 204 g/mol. The fourth-order valence-corrected chi connectivity index (χ4v) is 2.14. The first-order valence-corrected chi connectivity index (χ1v) is 5.37. The van der Waals surface area contributed by atoms with Gasteiger partial charge in [0.1, 0.15) is 0 Å². The summed E-state index contributed by atoms with van der Waals surface area (Å²) in [7, 11) is 0. The first-order chi connectivity index (χ1) is 7.33. The van der Waals surface area contributed by atoms with Gasteiger partial charge in [-0.2, -0.15) is 0 Å². The standard InChI is InChI=1S/C12H16N2O/c1-10-11(13-9-15)5-4-6-12(10)14-7-2-3-8-14/h4-6,9H,2-3,7-8H2,1H3,(H,13,15). The number of anilines is 2. The molecule has 0 saturated carbocycles. The Bertz CT molecular complexity index is 357. The Hall–Kier alpha value is -1.51. The molecule has 0 spiro atoms. The highest BCUT2D eigenvalue weighted by Crippen LogP contribution is 2.28. The SMILES string of the molecule is Cc1c(NC=O)cccc1N1CCCC1. The van der Waals surface area contributed by atoms with Crippen LogP contribution in [0.5, 0.6) is 0 Å². The van der Waals surface area contributed by atoms with Crippen LogP contribution in [0.2, 0.25) is 0 Å². The van der Waals surface area contributed by atoms with Crippen LogP contribution in [0.15, 0.2) is 18.2 Å². The highest BCUT2D eigenvalue weighted by atomic mass is 16.1. The monoisotopic (exact) mass is 204 g/mol. The van der Waals surface area contributed by atoms with Crippen molar-refractivity contribution < 1.29 is 4.79 Å². The maximum atomic E-state index is 10.4. The largest absolute Gasteiger partial charge is 0.371 e. The van der Waals surface area contributed by atoms with Gasteiger partial charge in [-0.1, -0.05) is 6.07 Å². The molecule has 1 aromatic rings. The van der Waals surface area contributed by atoms with Gasteiger partial charge in [0.05, 0.1) is 0 Å². The number of carbonyl (C=O) groups excluding carboxylic acids is 1. The third-order valence-electron chi connectivity index (χ3n) is 2.97. The summed E-state index contributed by atoms with van der Waals surface area (Å²) in [5.41, 5.74) is 3.32. The molecule has 0 unspecified atom stereocenters. The van der Waals surface area contributed by atoms with Gasteiger partial charge in [0.15, 0.2) is 0 Å². The number of hydrogen-bond donors (Lipinski definition) is 1. The minimum Gasteiger partial charge on any atom is -0.371 e. The average Bonchev–Trinajstić information content (AvgIpc) is 2.74. The number of hydrogen-bond acceptors (Lipinski definition) is 2. The molecule has 0 atom stereocenters. The van der Waals surface area contributed by atoms with Crippen molar-refractivity contribution in [2.75, 3.05) is 23.3 Å². The van der Waals surface area contributed by atoms with Gasteiger partial charge in [-0.05, 0) is 37.5 Å². The van der Waals surface area contributed by atoms with E-state index < -0.39 is 0 Å². The predicted molar refractivity (Wildman–Crippen MR) is 62.3 cm³/mol. The summed E-state index contributed by atoms with van der Waals surface area (Å²) < 4.78 is 0. The summed E-state index contributed by atoms with van der Waals surface area (Å²) in [4.78, 5) is 12.8. The lowest BCUT2D eigenvalue weighted by atomic mass is 10.1. The van der Waals surface area contributed by atoms with Crippen molar-refractivity contribution in [2.45, 2.75) is 19.8 Å². The van der Waals surface area contributed by atoms with E-state index in [2.05, 4.69) is 23.2 Å². The van der Waals surface area contributed by atoms with Crippen LogP contribution in [0.3, 0.4) is 0 Å².